The predicted octanol–water partition coefficient (Wildman–Crippen LogP) is 4.06. The molecule has 2 rings (SSSR count). The molecule has 0 aliphatic heterocycles. The van der Waals surface area contributed by atoms with E-state index in [0.717, 1.165) is 0 Å². The van der Waals surface area contributed by atoms with Crippen molar-refractivity contribution in [2.45, 2.75) is 0 Å². The maximum Gasteiger partial charge on any atom is 0.257 e. The van der Waals surface area contributed by atoms with E-state index < -0.39 is 0 Å². The van der Waals surface area contributed by atoms with Gasteiger partial charge in [0.2, 0.25) is 0 Å². The minimum absolute atomic E-state index is 0.284. The molecule has 0 saturated carbocycles. The van der Waals surface area contributed by atoms with Crippen LogP contribution in [0, 0.1) is 0 Å². The summed E-state index contributed by atoms with van der Waals surface area (Å²) in [5.74, 6) is -0.333. The molecule has 1 N–H and O–H groups in total. The number of halogens is 2. The van der Waals surface area contributed by atoms with E-state index in [1.807, 2.05) is 0 Å². The van der Waals surface area contributed by atoms with Crippen molar-refractivity contribution in [1.82, 2.24) is 0 Å². The average Bonchev–Trinajstić information content (AvgIpc) is 2.39. The van der Waals surface area contributed by atoms with Gasteiger partial charge in [-0.3, -0.25) is 9.59 Å². The highest BCUT2D eigenvalue weighted by molar-refractivity contribution is 6.35. The Morgan fingerprint density at radius 2 is 1.79 bits per heavy atom. The van der Waals surface area contributed by atoms with Crippen LogP contribution in [-0.2, 0) is 0 Å². The lowest BCUT2D eigenvalue weighted by molar-refractivity contribution is 0.102. The van der Waals surface area contributed by atoms with Gasteiger partial charge in [0.25, 0.3) is 5.91 Å². The zero-order chi connectivity index (χ0) is 13.8. The number of anilines is 1. The van der Waals surface area contributed by atoms with Gasteiger partial charge in [0.05, 0.1) is 15.6 Å². The molecule has 0 aromatic heterocycles. The van der Waals surface area contributed by atoms with Gasteiger partial charge in [-0.25, -0.2) is 0 Å². The van der Waals surface area contributed by atoms with Gasteiger partial charge in [0, 0.05) is 11.3 Å². The standard InChI is InChI=1S/C14H9Cl2NO2/c15-12-4-2-1-3-11(12)14(19)17-10-6-5-9(8-18)13(16)7-10/h1-8H,(H,17,19). The molecule has 0 bridgehead atoms. The highest BCUT2D eigenvalue weighted by Crippen LogP contribution is 2.21. The second kappa shape index (κ2) is 5.87. The number of carbonyl (C=O) groups excluding carboxylic acids is 2. The molecule has 5 heteroatoms. The first-order valence-corrected chi connectivity index (χ1v) is 6.18. The summed E-state index contributed by atoms with van der Waals surface area (Å²) in [6.07, 6.45) is 0.655. The van der Waals surface area contributed by atoms with E-state index >= 15 is 0 Å². The van der Waals surface area contributed by atoms with Gasteiger partial charge in [0.1, 0.15) is 0 Å². The Morgan fingerprint density at radius 1 is 1.05 bits per heavy atom. The summed E-state index contributed by atoms with van der Waals surface area (Å²) in [7, 11) is 0. The fourth-order valence-electron chi connectivity index (χ4n) is 1.54. The summed E-state index contributed by atoms with van der Waals surface area (Å²) >= 11 is 11.8. The van der Waals surface area contributed by atoms with E-state index in [9.17, 15) is 9.59 Å². The highest BCUT2D eigenvalue weighted by Gasteiger charge is 2.10. The quantitative estimate of drug-likeness (QED) is 0.868. The van der Waals surface area contributed by atoms with Crippen LogP contribution in [0.5, 0.6) is 0 Å². The normalized spacial score (nSPS) is 10.0. The molecular formula is C14H9Cl2NO2. The molecule has 19 heavy (non-hydrogen) atoms. The Balaban J connectivity index is 2.22. The Kier molecular flexibility index (Phi) is 4.20. The monoisotopic (exact) mass is 293 g/mol. The molecule has 0 heterocycles. The van der Waals surface area contributed by atoms with Crippen LogP contribution in [0.4, 0.5) is 5.69 Å². The molecule has 3 nitrogen and oxygen atoms in total. The molecule has 0 atom stereocenters. The van der Waals surface area contributed by atoms with Crippen LogP contribution in [0.25, 0.3) is 0 Å². The Morgan fingerprint density at radius 3 is 2.42 bits per heavy atom. The lowest BCUT2D eigenvalue weighted by atomic mass is 10.2. The first-order valence-electron chi connectivity index (χ1n) is 5.42. The Bertz CT molecular complexity index is 641. The molecule has 0 fully saturated rings. The van der Waals surface area contributed by atoms with Crippen molar-refractivity contribution in [3.05, 3.63) is 63.6 Å². The number of benzene rings is 2. The van der Waals surface area contributed by atoms with Gasteiger partial charge in [-0.1, -0.05) is 35.3 Å². The molecule has 1 amide bonds. The summed E-state index contributed by atoms with van der Waals surface area (Å²) in [5, 5.41) is 3.32. The first-order chi connectivity index (χ1) is 9.11. The fraction of sp³-hybridized carbons (Fsp3) is 0. The average molecular weight is 294 g/mol. The van der Waals surface area contributed by atoms with Crippen LogP contribution in [0.15, 0.2) is 42.5 Å². The van der Waals surface area contributed by atoms with E-state index in [0.29, 0.717) is 28.1 Å². The molecule has 0 saturated heterocycles. The summed E-state index contributed by atoms with van der Waals surface area (Å²) < 4.78 is 0. The second-order valence-corrected chi connectivity index (χ2v) is 4.60. The SMILES string of the molecule is O=Cc1ccc(NC(=O)c2ccccc2Cl)cc1Cl. The molecule has 96 valence electrons. The third kappa shape index (κ3) is 3.13. The van der Waals surface area contributed by atoms with Crippen LogP contribution < -0.4 is 5.32 Å². The van der Waals surface area contributed by atoms with Gasteiger partial charge in [-0.2, -0.15) is 0 Å². The summed E-state index contributed by atoms with van der Waals surface area (Å²) in [6, 6.07) is 11.4. The zero-order valence-corrected chi connectivity index (χ0v) is 11.2. The van der Waals surface area contributed by atoms with Crippen LogP contribution in [0.1, 0.15) is 20.7 Å². The van der Waals surface area contributed by atoms with Crippen molar-refractivity contribution < 1.29 is 9.59 Å². The lowest BCUT2D eigenvalue weighted by Crippen LogP contribution is -2.12. The van der Waals surface area contributed by atoms with Crippen LogP contribution in [0.2, 0.25) is 10.0 Å². The highest BCUT2D eigenvalue weighted by atomic mass is 35.5. The number of nitrogens with one attached hydrogen (secondary N) is 1. The first kappa shape index (κ1) is 13.6. The van der Waals surface area contributed by atoms with Crippen molar-refractivity contribution in [3.63, 3.8) is 0 Å². The number of aldehydes is 1. The number of hydrogen-bond acceptors (Lipinski definition) is 2. The van der Waals surface area contributed by atoms with Crippen molar-refractivity contribution >= 4 is 41.1 Å². The van der Waals surface area contributed by atoms with Crippen molar-refractivity contribution in [2.24, 2.45) is 0 Å². The minimum Gasteiger partial charge on any atom is -0.322 e. The number of rotatable bonds is 3. The van der Waals surface area contributed by atoms with Gasteiger partial charge in [-0.05, 0) is 30.3 Å². The number of hydrogen-bond donors (Lipinski definition) is 1. The summed E-state index contributed by atoms with van der Waals surface area (Å²) in [5.41, 5.74) is 1.25. The topological polar surface area (TPSA) is 46.2 Å². The van der Waals surface area contributed by atoms with Gasteiger partial charge < -0.3 is 5.32 Å². The zero-order valence-electron chi connectivity index (χ0n) is 9.69. The van der Waals surface area contributed by atoms with Gasteiger partial charge >= 0.3 is 0 Å². The van der Waals surface area contributed by atoms with Crippen LogP contribution in [-0.4, -0.2) is 12.2 Å². The molecule has 0 aliphatic rings. The smallest absolute Gasteiger partial charge is 0.257 e. The molecular weight excluding hydrogens is 285 g/mol. The molecule has 0 radical (unpaired) electrons. The minimum atomic E-state index is -0.333. The Hall–Kier alpha value is -1.84. The fourth-order valence-corrected chi connectivity index (χ4v) is 1.99. The molecule has 2 aromatic carbocycles. The van der Waals surface area contributed by atoms with Gasteiger partial charge in [0.15, 0.2) is 6.29 Å². The largest absolute Gasteiger partial charge is 0.322 e. The van der Waals surface area contributed by atoms with E-state index in [2.05, 4.69) is 5.32 Å². The summed E-state index contributed by atoms with van der Waals surface area (Å²) in [6.45, 7) is 0. The van der Waals surface area contributed by atoms with Crippen LogP contribution in [0.3, 0.4) is 0 Å². The molecule has 0 unspecified atom stereocenters. The third-order valence-corrected chi connectivity index (χ3v) is 3.16. The van der Waals surface area contributed by atoms with Crippen LogP contribution >= 0.6 is 23.2 Å². The lowest BCUT2D eigenvalue weighted by Gasteiger charge is -2.07. The number of amides is 1. The van der Waals surface area contributed by atoms with E-state index in [-0.39, 0.29) is 10.9 Å². The Labute approximate surface area is 120 Å². The van der Waals surface area contributed by atoms with Crippen molar-refractivity contribution in [1.29, 1.82) is 0 Å². The van der Waals surface area contributed by atoms with Gasteiger partial charge in [-0.15, -0.1) is 0 Å². The maximum atomic E-state index is 12.0. The van der Waals surface area contributed by atoms with Crippen molar-refractivity contribution in [3.8, 4) is 0 Å². The number of carbonyl (C=O) groups is 2. The summed E-state index contributed by atoms with van der Waals surface area (Å²) in [4.78, 5) is 22.6. The second-order valence-electron chi connectivity index (χ2n) is 3.79. The van der Waals surface area contributed by atoms with E-state index in [1.54, 1.807) is 30.3 Å². The third-order valence-electron chi connectivity index (χ3n) is 2.50. The molecule has 2 aromatic rings. The molecule has 0 spiro atoms. The maximum absolute atomic E-state index is 12.0. The molecule has 0 aliphatic carbocycles. The van der Waals surface area contributed by atoms with E-state index in [1.165, 1.54) is 12.1 Å². The van der Waals surface area contributed by atoms with E-state index in [4.69, 9.17) is 23.2 Å². The van der Waals surface area contributed by atoms with Crippen molar-refractivity contribution in [2.75, 3.05) is 5.32 Å². The predicted molar refractivity (Wildman–Crippen MR) is 76.2 cm³/mol.